The molecule has 6 nitrogen and oxygen atoms in total. The predicted molar refractivity (Wildman–Crippen MR) is 104 cm³/mol. The minimum atomic E-state index is -0.107. The third-order valence-corrected chi connectivity index (χ3v) is 7.06. The Balaban J connectivity index is 1.41. The lowest BCUT2D eigenvalue weighted by molar-refractivity contribution is -0.121. The van der Waals surface area contributed by atoms with E-state index < -0.39 is 0 Å². The van der Waals surface area contributed by atoms with E-state index in [1.807, 2.05) is 18.1 Å². The maximum Gasteiger partial charge on any atom is 0.250 e. The number of anilines is 3. The first-order valence-electron chi connectivity index (χ1n) is 10.0. The summed E-state index contributed by atoms with van der Waals surface area (Å²) in [6.07, 6.45) is 6.15. The van der Waals surface area contributed by atoms with Crippen LogP contribution in [-0.4, -0.2) is 67.6 Å². The summed E-state index contributed by atoms with van der Waals surface area (Å²) in [6, 6.07) is 2.54. The molecule has 140 valence electrons. The molecule has 0 aromatic carbocycles. The molecule has 5 rings (SSSR count). The lowest BCUT2D eigenvalue weighted by Gasteiger charge is -2.57. The molecule has 0 radical (unpaired) electrons. The zero-order valence-electron chi connectivity index (χ0n) is 16.1. The molecule has 4 aliphatic rings. The van der Waals surface area contributed by atoms with E-state index in [2.05, 4.69) is 34.6 Å². The highest BCUT2D eigenvalue weighted by molar-refractivity contribution is 6.05. The molecule has 2 saturated heterocycles. The van der Waals surface area contributed by atoms with Crippen LogP contribution in [0.4, 0.5) is 17.2 Å². The number of fused-ring (bicyclic) bond motifs is 3. The Bertz CT molecular complexity index is 736. The maximum atomic E-state index is 13.0. The Morgan fingerprint density at radius 1 is 1.23 bits per heavy atom. The summed E-state index contributed by atoms with van der Waals surface area (Å²) in [5.74, 6) is 1.17. The van der Waals surface area contributed by atoms with Crippen LogP contribution in [0.5, 0.6) is 0 Å². The van der Waals surface area contributed by atoms with Crippen molar-refractivity contribution in [3.05, 3.63) is 12.3 Å². The van der Waals surface area contributed by atoms with E-state index in [0.717, 1.165) is 44.2 Å². The monoisotopic (exact) mass is 355 g/mol. The van der Waals surface area contributed by atoms with E-state index in [-0.39, 0.29) is 11.9 Å². The van der Waals surface area contributed by atoms with Crippen molar-refractivity contribution in [2.75, 3.05) is 54.5 Å². The SMILES string of the molecule is CC(C)N1CCN2c3ncc(N4CC5(CCC5)C4)cc3N(C)C(=O)C2C1. The molecule has 4 heterocycles. The van der Waals surface area contributed by atoms with Gasteiger partial charge in [-0.2, -0.15) is 0 Å². The largest absolute Gasteiger partial charge is 0.369 e. The molecule has 6 heteroatoms. The van der Waals surface area contributed by atoms with Crippen LogP contribution in [0.3, 0.4) is 0 Å². The summed E-state index contributed by atoms with van der Waals surface area (Å²) < 4.78 is 0. The fourth-order valence-corrected chi connectivity index (χ4v) is 5.10. The lowest BCUT2D eigenvalue weighted by Crippen LogP contribution is -2.63. The van der Waals surface area contributed by atoms with E-state index in [4.69, 9.17) is 4.98 Å². The minimum absolute atomic E-state index is 0.107. The fraction of sp³-hybridized carbons (Fsp3) is 0.700. The molecule has 1 aromatic rings. The summed E-state index contributed by atoms with van der Waals surface area (Å²) in [7, 11) is 1.90. The Labute approximate surface area is 155 Å². The standard InChI is InChI=1S/C20H29N5O/c1-14(2)23-7-8-25-17(11-23)19(26)22(3)16-9-15(10-21-18(16)25)24-12-20(13-24)5-4-6-20/h9-10,14,17H,4-8,11-13H2,1-3H3. The second-order valence-corrected chi connectivity index (χ2v) is 8.94. The predicted octanol–water partition coefficient (Wildman–Crippen LogP) is 1.95. The van der Waals surface area contributed by atoms with Crippen molar-refractivity contribution in [2.24, 2.45) is 5.41 Å². The number of rotatable bonds is 2. The van der Waals surface area contributed by atoms with E-state index in [0.29, 0.717) is 11.5 Å². The Hall–Kier alpha value is -1.82. The van der Waals surface area contributed by atoms with Crippen molar-refractivity contribution in [3.8, 4) is 0 Å². The summed E-state index contributed by atoms with van der Waals surface area (Å²) >= 11 is 0. The topological polar surface area (TPSA) is 42.9 Å². The normalized spacial score (nSPS) is 27.3. The van der Waals surface area contributed by atoms with Crippen molar-refractivity contribution in [1.29, 1.82) is 0 Å². The molecule has 3 aliphatic heterocycles. The third-order valence-electron chi connectivity index (χ3n) is 7.06. The quantitative estimate of drug-likeness (QED) is 0.811. The number of carbonyl (C=O) groups excluding carboxylic acids is 1. The van der Waals surface area contributed by atoms with Crippen LogP contribution in [0.25, 0.3) is 0 Å². The van der Waals surface area contributed by atoms with Crippen LogP contribution >= 0.6 is 0 Å². The van der Waals surface area contributed by atoms with Crippen LogP contribution in [0.2, 0.25) is 0 Å². The number of likely N-dealkylation sites (N-methyl/N-ethyl adjacent to an activating group) is 1. The highest BCUT2D eigenvalue weighted by atomic mass is 16.2. The van der Waals surface area contributed by atoms with Crippen LogP contribution < -0.4 is 14.7 Å². The number of hydrogen-bond acceptors (Lipinski definition) is 5. The van der Waals surface area contributed by atoms with Gasteiger partial charge in [0.05, 0.1) is 17.6 Å². The molecular weight excluding hydrogens is 326 g/mol. The molecule has 26 heavy (non-hydrogen) atoms. The van der Waals surface area contributed by atoms with E-state index in [9.17, 15) is 4.79 Å². The number of amides is 1. The van der Waals surface area contributed by atoms with Gasteiger partial charge in [0.2, 0.25) is 0 Å². The van der Waals surface area contributed by atoms with Crippen molar-refractivity contribution < 1.29 is 4.79 Å². The number of carbonyl (C=O) groups is 1. The average Bonchev–Trinajstić information content (AvgIpc) is 2.56. The first-order valence-corrected chi connectivity index (χ1v) is 10.0. The number of pyridine rings is 1. The Kier molecular flexibility index (Phi) is 3.52. The van der Waals surface area contributed by atoms with Crippen LogP contribution in [0.15, 0.2) is 12.3 Å². The van der Waals surface area contributed by atoms with E-state index >= 15 is 0 Å². The van der Waals surface area contributed by atoms with Gasteiger partial charge in [-0.05, 0) is 32.8 Å². The molecule has 1 aromatic heterocycles. The molecule has 1 spiro atoms. The number of aromatic nitrogens is 1. The summed E-state index contributed by atoms with van der Waals surface area (Å²) in [5.41, 5.74) is 2.73. The molecule has 1 unspecified atom stereocenters. The molecule has 1 atom stereocenters. The molecule has 3 fully saturated rings. The first kappa shape index (κ1) is 16.4. The van der Waals surface area contributed by atoms with Crippen molar-refractivity contribution in [1.82, 2.24) is 9.88 Å². The van der Waals surface area contributed by atoms with Crippen LogP contribution in [0.1, 0.15) is 33.1 Å². The van der Waals surface area contributed by atoms with E-state index in [1.54, 1.807) is 0 Å². The highest BCUT2D eigenvalue weighted by Crippen LogP contribution is 2.50. The van der Waals surface area contributed by atoms with Crippen molar-refractivity contribution in [3.63, 3.8) is 0 Å². The molecule has 1 amide bonds. The second-order valence-electron chi connectivity index (χ2n) is 8.94. The van der Waals surface area contributed by atoms with Crippen molar-refractivity contribution >= 4 is 23.1 Å². The van der Waals surface area contributed by atoms with Gasteiger partial charge in [-0.3, -0.25) is 9.69 Å². The van der Waals surface area contributed by atoms with Crippen molar-refractivity contribution in [2.45, 2.75) is 45.2 Å². The molecule has 1 aliphatic carbocycles. The second kappa shape index (κ2) is 5.59. The average molecular weight is 355 g/mol. The number of hydrogen-bond donors (Lipinski definition) is 0. The van der Waals surface area contributed by atoms with E-state index in [1.165, 1.54) is 24.9 Å². The summed E-state index contributed by atoms with van der Waals surface area (Å²) in [5, 5.41) is 0. The fourth-order valence-electron chi connectivity index (χ4n) is 5.10. The van der Waals surface area contributed by atoms with Gasteiger partial charge in [0, 0.05) is 51.2 Å². The Morgan fingerprint density at radius 2 is 2.00 bits per heavy atom. The summed E-state index contributed by atoms with van der Waals surface area (Å²) in [4.78, 5) is 26.7. The third kappa shape index (κ3) is 2.27. The molecule has 0 bridgehead atoms. The van der Waals surface area contributed by atoms with Gasteiger partial charge in [-0.1, -0.05) is 6.42 Å². The van der Waals surface area contributed by atoms with Gasteiger partial charge >= 0.3 is 0 Å². The minimum Gasteiger partial charge on any atom is -0.369 e. The van der Waals surface area contributed by atoms with Gasteiger partial charge in [-0.25, -0.2) is 4.98 Å². The number of nitrogens with zero attached hydrogens (tertiary/aromatic N) is 5. The first-order chi connectivity index (χ1) is 12.5. The van der Waals surface area contributed by atoms with Crippen LogP contribution in [-0.2, 0) is 4.79 Å². The van der Waals surface area contributed by atoms with Crippen LogP contribution in [0, 0.1) is 5.41 Å². The van der Waals surface area contributed by atoms with Gasteiger partial charge in [0.15, 0.2) is 5.82 Å². The molecular formula is C20H29N5O. The molecule has 0 N–H and O–H groups in total. The van der Waals surface area contributed by atoms with Gasteiger partial charge in [-0.15, -0.1) is 0 Å². The smallest absolute Gasteiger partial charge is 0.250 e. The lowest BCUT2D eigenvalue weighted by atomic mass is 9.63. The zero-order chi connectivity index (χ0) is 18.1. The van der Waals surface area contributed by atoms with Gasteiger partial charge in [0.25, 0.3) is 5.91 Å². The molecule has 1 saturated carbocycles. The zero-order valence-corrected chi connectivity index (χ0v) is 16.1. The Morgan fingerprint density at radius 3 is 2.65 bits per heavy atom. The van der Waals surface area contributed by atoms with Gasteiger partial charge in [0.1, 0.15) is 6.04 Å². The highest BCUT2D eigenvalue weighted by Gasteiger charge is 2.48. The number of piperazine rings is 1. The summed E-state index contributed by atoms with van der Waals surface area (Å²) in [6.45, 7) is 9.36. The maximum absolute atomic E-state index is 13.0. The van der Waals surface area contributed by atoms with Gasteiger partial charge < -0.3 is 14.7 Å².